The van der Waals surface area contributed by atoms with E-state index < -0.39 is 22.0 Å². The van der Waals surface area contributed by atoms with Crippen molar-refractivity contribution in [1.82, 2.24) is 9.58 Å². The Morgan fingerprint density at radius 1 is 1.03 bits per heavy atom. The van der Waals surface area contributed by atoms with Crippen molar-refractivity contribution in [2.75, 3.05) is 24.8 Å². The number of rotatable bonds is 1. The molecule has 0 aliphatic carbocycles. The Hall–Kier alpha value is -3.65. The summed E-state index contributed by atoms with van der Waals surface area (Å²) in [6.45, 7) is 2.74. The van der Waals surface area contributed by atoms with Crippen LogP contribution in [0.15, 0.2) is 83.3 Å². The molecule has 0 spiro atoms. The average molecular weight is 462 g/mol. The maximum absolute atomic E-state index is 13.4. The number of hydrogen-bond donors (Lipinski definition) is 2. The van der Waals surface area contributed by atoms with Crippen molar-refractivity contribution >= 4 is 18.5 Å². The summed E-state index contributed by atoms with van der Waals surface area (Å²) < 4.78 is 7.68. The first kappa shape index (κ1) is 21.2. The fourth-order valence-corrected chi connectivity index (χ4v) is 4.87. The molecule has 0 saturated heterocycles. The molecule has 8 heteroatoms. The maximum atomic E-state index is 13.4. The molecule has 0 fully saturated rings. The van der Waals surface area contributed by atoms with Gasteiger partial charge in [0.15, 0.2) is 16.3 Å². The second-order valence-corrected chi connectivity index (χ2v) is 8.81. The van der Waals surface area contributed by atoms with E-state index in [-0.39, 0.29) is 12.4 Å². The molecule has 1 N–H and O–H groups in total. The van der Waals surface area contributed by atoms with Crippen molar-refractivity contribution in [3.63, 3.8) is 0 Å². The first-order chi connectivity index (χ1) is 15.9. The number of aromatic hydroxyl groups is 1. The standard InChI is InChI=1S/C25H23N3O4S/c1-17-12-14-32-21-10-6-5-9-19(21)25(33,18-7-3-2-4-8-18)28-16-26(15-17)24(31)22-23(30)20(29)11-13-27(22)28/h2-13,30,33H,14-16H2,1H3/b17-12-/t25-/m0/s1. The molecule has 168 valence electrons. The summed E-state index contributed by atoms with van der Waals surface area (Å²) in [6.07, 6.45) is 3.43. The molecule has 2 aromatic carbocycles. The van der Waals surface area contributed by atoms with E-state index in [2.05, 4.69) is 0 Å². The number of ether oxygens (including phenoxy) is 1. The van der Waals surface area contributed by atoms with Crippen LogP contribution in [0.5, 0.6) is 11.5 Å². The van der Waals surface area contributed by atoms with Gasteiger partial charge in [0.25, 0.3) is 5.91 Å². The van der Waals surface area contributed by atoms with Crippen molar-refractivity contribution in [3.05, 3.63) is 106 Å². The lowest BCUT2D eigenvalue weighted by atomic mass is 9.96. The van der Waals surface area contributed by atoms with Crippen LogP contribution >= 0.6 is 12.6 Å². The lowest BCUT2D eigenvalue weighted by Crippen LogP contribution is -2.61. The van der Waals surface area contributed by atoms with Crippen LogP contribution < -0.4 is 15.2 Å². The molecule has 1 atom stereocenters. The van der Waals surface area contributed by atoms with Crippen LogP contribution in [0.2, 0.25) is 0 Å². The zero-order valence-corrected chi connectivity index (χ0v) is 18.9. The molecule has 1 amide bonds. The number of aromatic nitrogens is 1. The Balaban J connectivity index is 1.86. The third-order valence-corrected chi connectivity index (χ3v) is 6.76. The number of thiol groups is 1. The van der Waals surface area contributed by atoms with Gasteiger partial charge in [0, 0.05) is 24.4 Å². The predicted molar refractivity (Wildman–Crippen MR) is 128 cm³/mol. The highest BCUT2D eigenvalue weighted by molar-refractivity contribution is 7.81. The van der Waals surface area contributed by atoms with Crippen LogP contribution in [0, 0.1) is 0 Å². The Labute approximate surface area is 196 Å². The molecule has 7 nitrogen and oxygen atoms in total. The highest BCUT2D eigenvalue weighted by Gasteiger charge is 2.45. The zero-order valence-electron chi connectivity index (χ0n) is 18.0. The van der Waals surface area contributed by atoms with E-state index in [4.69, 9.17) is 17.4 Å². The second-order valence-electron chi connectivity index (χ2n) is 8.16. The van der Waals surface area contributed by atoms with Crippen molar-refractivity contribution < 1.29 is 14.6 Å². The number of carbonyl (C=O) groups excluding carboxylic acids is 1. The van der Waals surface area contributed by atoms with Gasteiger partial charge in [0.2, 0.25) is 5.43 Å². The van der Waals surface area contributed by atoms with E-state index in [9.17, 15) is 14.7 Å². The van der Waals surface area contributed by atoms with E-state index in [0.717, 1.165) is 16.7 Å². The zero-order chi connectivity index (χ0) is 23.2. The number of nitrogens with zero attached hydrogens (tertiary/aromatic N) is 3. The molecule has 2 bridgehead atoms. The molecule has 5 rings (SSSR count). The number of amides is 1. The smallest absolute Gasteiger partial charge is 0.278 e. The van der Waals surface area contributed by atoms with Gasteiger partial charge in [0.1, 0.15) is 19.0 Å². The van der Waals surface area contributed by atoms with Crippen LogP contribution in [0.25, 0.3) is 0 Å². The Morgan fingerprint density at radius 2 is 1.76 bits per heavy atom. The maximum Gasteiger partial charge on any atom is 0.278 e. The van der Waals surface area contributed by atoms with Gasteiger partial charge in [0.05, 0.1) is 0 Å². The van der Waals surface area contributed by atoms with Crippen molar-refractivity contribution in [2.45, 2.75) is 11.8 Å². The molecule has 0 unspecified atom stereocenters. The Bertz CT molecular complexity index is 1320. The Morgan fingerprint density at radius 3 is 2.55 bits per heavy atom. The minimum absolute atomic E-state index is 0.0893. The molecule has 3 aromatic rings. The van der Waals surface area contributed by atoms with Crippen LogP contribution in [0.1, 0.15) is 28.5 Å². The summed E-state index contributed by atoms with van der Waals surface area (Å²) in [5, 5.41) is 12.5. The summed E-state index contributed by atoms with van der Waals surface area (Å²) in [4.78, 5) is 26.2. The molecule has 3 heterocycles. The number of hydrogen-bond acceptors (Lipinski definition) is 6. The van der Waals surface area contributed by atoms with Gasteiger partial charge < -0.3 is 14.7 Å². The summed E-state index contributed by atoms with van der Waals surface area (Å²) in [5.74, 6) is -0.356. The number of fused-ring (bicyclic) bond motifs is 5. The summed E-state index contributed by atoms with van der Waals surface area (Å²) in [6, 6.07) is 18.6. The first-order valence-corrected chi connectivity index (χ1v) is 11.0. The van der Waals surface area contributed by atoms with Crippen LogP contribution in [-0.2, 0) is 4.87 Å². The SMILES string of the molecule is C/C1=C/COc2ccccc2[C@@](S)(c2ccccc2)N2CN(C1)C(=O)c1c(O)c(=O)ccn12. The van der Waals surface area contributed by atoms with Crippen molar-refractivity contribution in [3.8, 4) is 11.5 Å². The van der Waals surface area contributed by atoms with Gasteiger partial charge in [-0.15, -0.1) is 12.6 Å². The van der Waals surface area contributed by atoms with E-state index in [1.54, 1.807) is 4.90 Å². The monoisotopic (exact) mass is 461 g/mol. The third kappa shape index (κ3) is 3.38. The van der Waals surface area contributed by atoms with Gasteiger partial charge in [-0.3, -0.25) is 19.3 Å². The van der Waals surface area contributed by atoms with Gasteiger partial charge in [-0.2, -0.15) is 0 Å². The van der Waals surface area contributed by atoms with Gasteiger partial charge >= 0.3 is 0 Å². The number of pyridine rings is 1. The normalized spacial score (nSPS) is 21.8. The van der Waals surface area contributed by atoms with Gasteiger partial charge in [-0.25, -0.2) is 0 Å². The fourth-order valence-electron chi connectivity index (χ4n) is 4.38. The Kier molecular flexibility index (Phi) is 5.17. The molecule has 1 aromatic heterocycles. The fraction of sp³-hybridized carbons (Fsp3) is 0.200. The molecule has 33 heavy (non-hydrogen) atoms. The topological polar surface area (TPSA) is 75.0 Å². The average Bonchev–Trinajstić information content (AvgIpc) is 2.84. The second kappa shape index (κ2) is 8.04. The van der Waals surface area contributed by atoms with E-state index in [1.165, 1.54) is 16.9 Å². The van der Waals surface area contributed by atoms with E-state index >= 15 is 0 Å². The predicted octanol–water partition coefficient (Wildman–Crippen LogP) is 3.08. The van der Waals surface area contributed by atoms with Crippen LogP contribution in [-0.4, -0.2) is 40.4 Å². The highest BCUT2D eigenvalue weighted by Crippen LogP contribution is 2.44. The largest absolute Gasteiger partial charge is 0.502 e. The third-order valence-electron chi connectivity index (χ3n) is 6.03. The highest BCUT2D eigenvalue weighted by atomic mass is 32.1. The first-order valence-electron chi connectivity index (χ1n) is 10.6. The quantitative estimate of drug-likeness (QED) is 0.430. The van der Waals surface area contributed by atoms with Crippen molar-refractivity contribution in [1.29, 1.82) is 0 Å². The molecule has 2 aliphatic heterocycles. The van der Waals surface area contributed by atoms with Gasteiger partial charge in [-0.1, -0.05) is 54.1 Å². The number of benzene rings is 2. The minimum Gasteiger partial charge on any atom is -0.502 e. The number of para-hydroxylation sites is 1. The lowest BCUT2D eigenvalue weighted by molar-refractivity contribution is 0.0692. The van der Waals surface area contributed by atoms with E-state index in [1.807, 2.05) is 72.6 Å². The molecular weight excluding hydrogens is 438 g/mol. The molecular formula is C25H23N3O4S. The van der Waals surface area contributed by atoms with Crippen LogP contribution in [0.4, 0.5) is 0 Å². The van der Waals surface area contributed by atoms with E-state index in [0.29, 0.717) is 18.9 Å². The molecule has 0 radical (unpaired) electrons. The lowest BCUT2D eigenvalue weighted by Gasteiger charge is -2.49. The number of carbonyl (C=O) groups is 1. The summed E-state index contributed by atoms with van der Waals surface area (Å²) in [7, 11) is 0. The summed E-state index contributed by atoms with van der Waals surface area (Å²) in [5.41, 5.74) is 1.84. The van der Waals surface area contributed by atoms with Crippen molar-refractivity contribution in [2.24, 2.45) is 0 Å². The molecule has 2 aliphatic rings. The minimum atomic E-state index is -1.11. The summed E-state index contributed by atoms with van der Waals surface area (Å²) >= 11 is 5.25. The van der Waals surface area contributed by atoms with Crippen LogP contribution in [0.3, 0.4) is 0 Å². The molecule has 0 saturated carbocycles. The van der Waals surface area contributed by atoms with Gasteiger partial charge in [-0.05, 0) is 24.6 Å².